The molecule has 41 heavy (non-hydrogen) atoms. The average molecular weight is 596 g/mol. The first kappa shape index (κ1) is 34.8. The van der Waals surface area contributed by atoms with E-state index in [-0.39, 0.29) is 13.2 Å². The summed E-state index contributed by atoms with van der Waals surface area (Å²) in [5.74, 6) is 0. The number of hydrogen-bond donors (Lipinski definition) is 10. The minimum atomic E-state index is -1.66. The summed E-state index contributed by atoms with van der Waals surface area (Å²) in [5.41, 5.74) is 24.0. The Kier molecular flexibility index (Phi) is 13.9. The van der Waals surface area contributed by atoms with Gasteiger partial charge in [0.15, 0.2) is 24.7 Å². The van der Waals surface area contributed by atoms with Gasteiger partial charge in [0, 0.05) is 13.2 Å². The molecule has 0 aromatic carbocycles. The molecule has 1 aliphatic carbocycles. The second-order valence-corrected chi connectivity index (χ2v) is 11.2. The van der Waals surface area contributed by atoms with Crippen LogP contribution in [0.1, 0.15) is 45.4 Å². The predicted octanol–water partition coefficient (Wildman–Crippen LogP) is -4.09. The molecule has 0 aromatic heterocycles. The fourth-order valence-corrected chi connectivity index (χ4v) is 5.39. The van der Waals surface area contributed by atoms with Gasteiger partial charge in [-0.3, -0.25) is 11.5 Å². The first-order valence-corrected chi connectivity index (χ1v) is 14.6. The Morgan fingerprint density at radius 1 is 0.659 bits per heavy atom. The van der Waals surface area contributed by atoms with Gasteiger partial charge in [-0.25, -0.2) is 0 Å². The van der Waals surface area contributed by atoms with Gasteiger partial charge in [0.2, 0.25) is 0 Å². The molecule has 2 heterocycles. The number of ether oxygens (including phenoxy) is 5. The van der Waals surface area contributed by atoms with Crippen molar-refractivity contribution in [2.75, 3.05) is 19.8 Å². The number of aliphatic hydroxyl groups is 6. The molecule has 15 nitrogen and oxygen atoms in total. The summed E-state index contributed by atoms with van der Waals surface area (Å²) in [5, 5.41) is 63.0. The molecule has 1 saturated carbocycles. The molecule has 15 atom stereocenters. The Bertz CT molecular complexity index is 758. The molecule has 7 unspecified atom stereocenters. The minimum Gasteiger partial charge on any atom is -0.389 e. The number of aliphatic hydroxyl groups excluding tert-OH is 6. The first-order chi connectivity index (χ1) is 19.5. The Morgan fingerprint density at radius 2 is 1.22 bits per heavy atom. The minimum absolute atomic E-state index is 0.0197. The zero-order chi connectivity index (χ0) is 30.3. The zero-order valence-electron chi connectivity index (χ0n) is 23.6. The van der Waals surface area contributed by atoms with Crippen molar-refractivity contribution in [3.05, 3.63) is 6.42 Å². The maximum absolute atomic E-state index is 11.2. The summed E-state index contributed by atoms with van der Waals surface area (Å²) in [4.78, 5) is 0. The van der Waals surface area contributed by atoms with Crippen LogP contribution in [-0.4, -0.2) is 142 Å². The Morgan fingerprint density at radius 3 is 1.83 bits per heavy atom. The second kappa shape index (κ2) is 16.4. The topological polar surface area (TPSA) is 272 Å². The molecule has 15 heteroatoms. The summed E-state index contributed by atoms with van der Waals surface area (Å²) in [6, 6.07) is -3.00. The summed E-state index contributed by atoms with van der Waals surface area (Å²) < 4.78 is 28.6. The van der Waals surface area contributed by atoms with E-state index in [2.05, 4.69) is 6.92 Å². The molecule has 2 saturated heterocycles. The van der Waals surface area contributed by atoms with Crippen LogP contribution in [0.15, 0.2) is 0 Å². The van der Waals surface area contributed by atoms with Crippen LogP contribution in [0.3, 0.4) is 0 Å². The van der Waals surface area contributed by atoms with Crippen molar-refractivity contribution >= 4 is 0 Å². The maximum Gasteiger partial charge on any atom is 0.187 e. The van der Waals surface area contributed by atoms with E-state index in [4.69, 9.17) is 46.6 Å². The molecule has 3 fully saturated rings. The fourth-order valence-electron chi connectivity index (χ4n) is 5.39. The number of unbranched alkanes of at least 4 members (excludes halogenated alkanes) is 5. The molecule has 3 aliphatic rings. The molecule has 240 valence electrons. The summed E-state index contributed by atoms with van der Waals surface area (Å²) >= 11 is 0. The van der Waals surface area contributed by atoms with Gasteiger partial charge in [0.25, 0.3) is 0 Å². The fraction of sp³-hybridized carbons (Fsp3) is 0.962. The Labute approximate surface area is 241 Å². The van der Waals surface area contributed by atoms with Crippen LogP contribution in [0.4, 0.5) is 0 Å². The highest BCUT2D eigenvalue weighted by Crippen LogP contribution is 2.31. The van der Waals surface area contributed by atoms with Gasteiger partial charge in [-0.1, -0.05) is 39.0 Å². The van der Waals surface area contributed by atoms with Gasteiger partial charge >= 0.3 is 0 Å². The van der Waals surface area contributed by atoms with E-state index in [1.165, 1.54) is 25.7 Å². The van der Waals surface area contributed by atoms with Crippen LogP contribution < -0.4 is 22.9 Å². The first-order valence-electron chi connectivity index (χ1n) is 14.6. The van der Waals surface area contributed by atoms with Crippen LogP contribution in [0.2, 0.25) is 0 Å². The van der Waals surface area contributed by atoms with Crippen molar-refractivity contribution in [3.8, 4) is 0 Å². The van der Waals surface area contributed by atoms with E-state index in [1.54, 1.807) is 0 Å². The molecule has 0 amide bonds. The predicted molar refractivity (Wildman–Crippen MR) is 145 cm³/mol. The Balaban J connectivity index is 1.59. The van der Waals surface area contributed by atoms with Gasteiger partial charge in [0.05, 0.1) is 12.6 Å². The van der Waals surface area contributed by atoms with Crippen molar-refractivity contribution < 1.29 is 54.3 Å². The highest BCUT2D eigenvalue weighted by molar-refractivity contribution is 5.10. The van der Waals surface area contributed by atoms with Gasteiger partial charge < -0.3 is 65.8 Å². The van der Waals surface area contributed by atoms with Crippen LogP contribution in [0.5, 0.6) is 0 Å². The number of rotatable bonds is 14. The van der Waals surface area contributed by atoms with Crippen molar-refractivity contribution in [2.24, 2.45) is 22.9 Å². The van der Waals surface area contributed by atoms with E-state index in [0.717, 1.165) is 19.3 Å². The zero-order valence-corrected chi connectivity index (χ0v) is 23.6. The highest BCUT2D eigenvalue weighted by Gasteiger charge is 2.55. The third kappa shape index (κ3) is 8.68. The van der Waals surface area contributed by atoms with E-state index >= 15 is 0 Å². The van der Waals surface area contributed by atoms with Crippen molar-refractivity contribution in [3.63, 3.8) is 0 Å². The van der Waals surface area contributed by atoms with Crippen molar-refractivity contribution in [1.29, 1.82) is 0 Å². The lowest BCUT2D eigenvalue weighted by Crippen LogP contribution is -2.68. The number of nitrogens with two attached hydrogens (primary N) is 4. The summed E-state index contributed by atoms with van der Waals surface area (Å²) in [6.07, 6.45) is -8.12. The van der Waals surface area contributed by atoms with E-state index in [0.29, 0.717) is 6.61 Å². The standard InChI is InChI=1S/C26H51N4O11/c1-2-3-4-5-6-7-8-37-11-15-17(31)16(30)19(33)25(39-15)40-23-12(28)9-13(29)24(22(23)36)41-26-21(35)20(34)18(32)14(10-27)38-26/h9,12-26,31-36H,2-8,10-11,27-30H2,1H3/q+1/t12?,13?,14?,15-,16-,17?,18-,19-,20+,21?,22-,23-,24?,25?,26-/m1/s1. The molecule has 0 bridgehead atoms. The molecule has 3 rings (SSSR count). The van der Waals surface area contributed by atoms with Gasteiger partial charge in [0.1, 0.15) is 67.5 Å². The lowest BCUT2D eigenvalue weighted by atomic mass is 9.84. The molecular formula is C26H51N4O11+. The summed E-state index contributed by atoms with van der Waals surface area (Å²) in [7, 11) is 0. The monoisotopic (exact) mass is 595 g/mol. The normalized spacial score (nSPS) is 45.4. The largest absolute Gasteiger partial charge is 0.389 e. The van der Waals surface area contributed by atoms with Crippen LogP contribution in [0.25, 0.3) is 0 Å². The van der Waals surface area contributed by atoms with E-state index < -0.39 is 91.7 Å². The molecule has 14 N–H and O–H groups in total. The number of hydrogen-bond acceptors (Lipinski definition) is 15. The second-order valence-electron chi connectivity index (χ2n) is 11.2. The third-order valence-electron chi connectivity index (χ3n) is 8.04. The smallest absolute Gasteiger partial charge is 0.187 e. The highest BCUT2D eigenvalue weighted by atomic mass is 16.7. The van der Waals surface area contributed by atoms with Crippen molar-refractivity contribution in [1.82, 2.24) is 0 Å². The van der Waals surface area contributed by atoms with E-state index in [1.807, 2.05) is 0 Å². The van der Waals surface area contributed by atoms with Gasteiger partial charge in [-0.15, -0.1) is 0 Å². The van der Waals surface area contributed by atoms with Crippen LogP contribution in [-0.2, 0) is 23.7 Å². The molecule has 0 spiro atoms. The van der Waals surface area contributed by atoms with Gasteiger partial charge in [-0.05, 0) is 6.42 Å². The molecule has 2 aliphatic heterocycles. The van der Waals surface area contributed by atoms with Crippen LogP contribution >= 0.6 is 0 Å². The van der Waals surface area contributed by atoms with Gasteiger partial charge in [-0.2, -0.15) is 0 Å². The van der Waals surface area contributed by atoms with Crippen molar-refractivity contribution in [2.45, 2.75) is 137 Å². The van der Waals surface area contributed by atoms with Crippen LogP contribution in [0, 0.1) is 6.42 Å². The molecule has 0 radical (unpaired) electrons. The lowest BCUT2D eigenvalue weighted by molar-refractivity contribution is -0.329. The Hall–Kier alpha value is -0.730. The average Bonchev–Trinajstić information content (AvgIpc) is 2.95. The molecular weight excluding hydrogens is 544 g/mol. The third-order valence-corrected chi connectivity index (χ3v) is 8.04. The van der Waals surface area contributed by atoms with E-state index in [9.17, 15) is 30.6 Å². The SMILES string of the molecule is CCCCCCCCOC[C@H]1OC(O[C@@H]2C(N)[CH+]C(N)C(O[C@H]3OC(CN)[C@@H](O)[C@H](O)C3O)[C@@H]2O)[C@H](O)[C@H](N)C1O. The summed E-state index contributed by atoms with van der Waals surface area (Å²) in [6.45, 7) is 2.49. The lowest BCUT2D eigenvalue weighted by Gasteiger charge is -2.45. The quantitative estimate of drug-likeness (QED) is 0.0675. The maximum atomic E-state index is 11.2. The molecule has 0 aromatic rings.